The number of hydrogen-bond donors (Lipinski definition) is 0. The predicted octanol–water partition coefficient (Wildman–Crippen LogP) is 4.12. The maximum absolute atomic E-state index is 13.3. The Morgan fingerprint density at radius 3 is 2.62 bits per heavy atom. The van der Waals surface area contributed by atoms with Crippen molar-refractivity contribution in [2.24, 2.45) is 5.92 Å². The lowest BCUT2D eigenvalue weighted by Crippen LogP contribution is -2.42. The molecule has 1 aromatic heterocycles. The van der Waals surface area contributed by atoms with Gasteiger partial charge < -0.3 is 4.90 Å². The van der Waals surface area contributed by atoms with Gasteiger partial charge in [0.15, 0.2) is 5.16 Å². The molecule has 2 atom stereocenters. The van der Waals surface area contributed by atoms with Gasteiger partial charge in [0, 0.05) is 13.1 Å². The van der Waals surface area contributed by atoms with Crippen molar-refractivity contribution in [2.75, 3.05) is 13.1 Å². The van der Waals surface area contributed by atoms with Crippen molar-refractivity contribution < 1.29 is 4.79 Å². The van der Waals surface area contributed by atoms with Gasteiger partial charge in [0.2, 0.25) is 5.91 Å². The molecule has 29 heavy (non-hydrogen) atoms. The van der Waals surface area contributed by atoms with Crippen LogP contribution in [0.3, 0.4) is 0 Å². The normalized spacial score (nSPS) is 18.0. The van der Waals surface area contributed by atoms with Crippen molar-refractivity contribution in [3.63, 3.8) is 0 Å². The third-order valence-corrected chi connectivity index (χ3v) is 6.40. The first kappa shape index (κ1) is 19.7. The number of carbonyl (C=O) groups excluding carboxylic acids is 1. The van der Waals surface area contributed by atoms with Gasteiger partial charge in [-0.3, -0.25) is 14.2 Å². The van der Waals surface area contributed by atoms with Crippen molar-refractivity contribution in [3.8, 4) is 5.69 Å². The van der Waals surface area contributed by atoms with Crippen molar-refractivity contribution in [2.45, 2.75) is 37.1 Å². The van der Waals surface area contributed by atoms with Crippen LogP contribution < -0.4 is 5.56 Å². The Morgan fingerprint density at radius 1 is 1.14 bits per heavy atom. The van der Waals surface area contributed by atoms with E-state index in [1.165, 1.54) is 18.2 Å². The first-order valence-electron chi connectivity index (χ1n) is 10.1. The van der Waals surface area contributed by atoms with Crippen LogP contribution in [0, 0.1) is 5.92 Å². The van der Waals surface area contributed by atoms with Crippen molar-refractivity contribution in [1.82, 2.24) is 14.5 Å². The highest BCUT2D eigenvalue weighted by Crippen LogP contribution is 2.27. The first-order chi connectivity index (χ1) is 14.0. The van der Waals surface area contributed by atoms with E-state index in [2.05, 4.69) is 6.92 Å². The Labute approximate surface area is 174 Å². The molecule has 1 aliphatic rings. The number of benzene rings is 2. The summed E-state index contributed by atoms with van der Waals surface area (Å²) in [6.45, 7) is 5.71. The Balaban J connectivity index is 1.72. The Morgan fingerprint density at radius 2 is 1.86 bits per heavy atom. The van der Waals surface area contributed by atoms with E-state index in [0.717, 1.165) is 25.2 Å². The minimum atomic E-state index is -0.316. The topological polar surface area (TPSA) is 55.2 Å². The van der Waals surface area contributed by atoms with E-state index in [1.54, 1.807) is 10.6 Å². The van der Waals surface area contributed by atoms with Gasteiger partial charge in [-0.05, 0) is 49.9 Å². The maximum Gasteiger partial charge on any atom is 0.266 e. The molecule has 0 N–H and O–H groups in total. The molecule has 0 bridgehead atoms. The fraction of sp³-hybridized carbons (Fsp3) is 0.348. The summed E-state index contributed by atoms with van der Waals surface area (Å²) in [6, 6.07) is 16.8. The quantitative estimate of drug-likeness (QED) is 0.482. The van der Waals surface area contributed by atoms with E-state index < -0.39 is 0 Å². The van der Waals surface area contributed by atoms with Crippen LogP contribution in [0.5, 0.6) is 0 Å². The van der Waals surface area contributed by atoms with Crippen LogP contribution in [-0.2, 0) is 4.79 Å². The van der Waals surface area contributed by atoms with E-state index in [9.17, 15) is 9.59 Å². The van der Waals surface area contributed by atoms with Gasteiger partial charge in [-0.2, -0.15) is 0 Å². The molecule has 0 saturated carbocycles. The minimum Gasteiger partial charge on any atom is -0.341 e. The molecule has 1 fully saturated rings. The molecular weight excluding hydrogens is 382 g/mol. The molecule has 1 saturated heterocycles. The van der Waals surface area contributed by atoms with E-state index >= 15 is 0 Å². The summed E-state index contributed by atoms with van der Waals surface area (Å²) in [5, 5.41) is 0.804. The first-order valence-corrected chi connectivity index (χ1v) is 10.9. The number of carbonyl (C=O) groups is 1. The molecular formula is C23H25N3O2S. The number of hydrogen-bond acceptors (Lipinski definition) is 4. The van der Waals surface area contributed by atoms with Crippen LogP contribution in [0.1, 0.15) is 26.7 Å². The third kappa shape index (κ3) is 4.08. The lowest BCUT2D eigenvalue weighted by atomic mass is 10.0. The standard InChI is InChI=1S/C23H25N3O2S/c1-16-9-8-14-25(15-16)21(27)17(2)29-23-24-20-13-7-6-12-19(20)22(28)26(23)18-10-4-3-5-11-18/h3-7,10-13,16-17H,8-9,14-15H2,1-2H3/t16-,17+/m1/s1. The maximum atomic E-state index is 13.3. The smallest absolute Gasteiger partial charge is 0.266 e. The fourth-order valence-electron chi connectivity index (χ4n) is 3.85. The number of rotatable bonds is 4. The van der Waals surface area contributed by atoms with Crippen LogP contribution in [-0.4, -0.2) is 38.7 Å². The largest absolute Gasteiger partial charge is 0.341 e. The fourth-order valence-corrected chi connectivity index (χ4v) is 4.86. The number of likely N-dealkylation sites (tertiary alicyclic amines) is 1. The zero-order valence-corrected chi connectivity index (χ0v) is 17.6. The molecule has 150 valence electrons. The lowest BCUT2D eigenvalue weighted by molar-refractivity contribution is -0.132. The van der Waals surface area contributed by atoms with Gasteiger partial charge in [0.05, 0.1) is 21.8 Å². The molecule has 0 aliphatic carbocycles. The van der Waals surface area contributed by atoms with Crippen molar-refractivity contribution >= 4 is 28.6 Å². The van der Waals surface area contributed by atoms with E-state index in [4.69, 9.17) is 4.98 Å². The number of thioether (sulfide) groups is 1. The Hall–Kier alpha value is -2.60. The average Bonchev–Trinajstić information content (AvgIpc) is 2.74. The summed E-state index contributed by atoms with van der Waals surface area (Å²) in [5.74, 6) is 0.648. The summed E-state index contributed by atoms with van der Waals surface area (Å²) < 4.78 is 1.62. The molecule has 0 spiro atoms. The molecule has 1 aliphatic heterocycles. The second kappa shape index (κ2) is 8.41. The molecule has 1 amide bonds. The van der Waals surface area contributed by atoms with Crippen LogP contribution in [0.15, 0.2) is 64.5 Å². The lowest BCUT2D eigenvalue weighted by Gasteiger charge is -2.32. The van der Waals surface area contributed by atoms with Crippen LogP contribution in [0.2, 0.25) is 0 Å². The van der Waals surface area contributed by atoms with Gasteiger partial charge in [0.25, 0.3) is 5.56 Å². The zero-order chi connectivity index (χ0) is 20.4. The van der Waals surface area contributed by atoms with Gasteiger partial charge in [-0.25, -0.2) is 4.98 Å². The van der Waals surface area contributed by atoms with Crippen LogP contribution in [0.25, 0.3) is 16.6 Å². The zero-order valence-electron chi connectivity index (χ0n) is 16.7. The number of aromatic nitrogens is 2. The number of para-hydroxylation sites is 2. The van der Waals surface area contributed by atoms with E-state index in [0.29, 0.717) is 22.0 Å². The molecule has 5 nitrogen and oxygen atoms in total. The second-order valence-corrected chi connectivity index (χ2v) is 8.99. The predicted molar refractivity (Wildman–Crippen MR) is 118 cm³/mol. The molecule has 6 heteroatoms. The molecule has 4 rings (SSSR count). The molecule has 2 aromatic carbocycles. The number of nitrogens with zero attached hydrogens (tertiary/aromatic N) is 3. The van der Waals surface area contributed by atoms with E-state index in [1.807, 2.05) is 60.4 Å². The van der Waals surface area contributed by atoms with Crippen molar-refractivity contribution in [1.29, 1.82) is 0 Å². The van der Waals surface area contributed by atoms with Gasteiger partial charge in [-0.15, -0.1) is 0 Å². The SMILES string of the molecule is C[C@@H]1CCCN(C(=O)[C@H](C)Sc2nc3ccccc3c(=O)n2-c2ccccc2)C1. The van der Waals surface area contributed by atoms with Crippen molar-refractivity contribution in [3.05, 3.63) is 65.0 Å². The Kier molecular flexibility index (Phi) is 5.72. The summed E-state index contributed by atoms with van der Waals surface area (Å²) >= 11 is 1.36. The number of piperidine rings is 1. The molecule has 3 aromatic rings. The molecule has 0 unspecified atom stereocenters. The summed E-state index contributed by atoms with van der Waals surface area (Å²) in [5.41, 5.74) is 1.29. The highest BCUT2D eigenvalue weighted by Gasteiger charge is 2.27. The van der Waals surface area contributed by atoms with Gasteiger partial charge >= 0.3 is 0 Å². The van der Waals surface area contributed by atoms with Gasteiger partial charge in [-0.1, -0.05) is 49.0 Å². The average molecular weight is 408 g/mol. The summed E-state index contributed by atoms with van der Waals surface area (Å²) in [6.07, 6.45) is 2.22. The monoisotopic (exact) mass is 407 g/mol. The number of amides is 1. The van der Waals surface area contributed by atoms with Gasteiger partial charge in [0.1, 0.15) is 0 Å². The molecule has 2 heterocycles. The van der Waals surface area contributed by atoms with Crippen LogP contribution in [0.4, 0.5) is 0 Å². The molecule has 0 radical (unpaired) electrons. The highest BCUT2D eigenvalue weighted by atomic mass is 32.2. The summed E-state index contributed by atoms with van der Waals surface area (Å²) in [4.78, 5) is 33.0. The highest BCUT2D eigenvalue weighted by molar-refractivity contribution is 8.00. The van der Waals surface area contributed by atoms with E-state index in [-0.39, 0.29) is 16.7 Å². The number of fused-ring (bicyclic) bond motifs is 1. The summed E-state index contributed by atoms with van der Waals surface area (Å²) in [7, 11) is 0. The Bertz CT molecular complexity index is 1080. The third-order valence-electron chi connectivity index (χ3n) is 5.36. The minimum absolute atomic E-state index is 0.114. The van der Waals surface area contributed by atoms with Crippen LogP contribution >= 0.6 is 11.8 Å². The second-order valence-electron chi connectivity index (χ2n) is 7.68.